The van der Waals surface area contributed by atoms with Gasteiger partial charge in [-0.05, 0) is 36.1 Å². The molecule has 0 aliphatic heterocycles. The molecule has 1 aromatic carbocycles. The van der Waals surface area contributed by atoms with E-state index in [4.69, 9.17) is 10.3 Å². The van der Waals surface area contributed by atoms with Gasteiger partial charge in [0, 0.05) is 5.69 Å². The Hall–Kier alpha value is -1.16. The van der Waals surface area contributed by atoms with E-state index in [0.29, 0.717) is 29.7 Å². The monoisotopic (exact) mass is 337 g/mol. The van der Waals surface area contributed by atoms with E-state index in [1.807, 2.05) is 6.92 Å². The predicted octanol–water partition coefficient (Wildman–Crippen LogP) is 0.987. The number of anilines is 1. The number of hydrogen-bond donors (Lipinski definition) is 2. The topological polar surface area (TPSA) is 124 Å². The SMILES string of the molecule is CCc1cc(S(=O)(=O)CCOS(=O)(=O)O)c(CC)cc1N. The lowest BCUT2D eigenvalue weighted by atomic mass is 10.1. The molecular formula is C12H19NO6S2. The average molecular weight is 337 g/mol. The Kier molecular flexibility index (Phi) is 5.74. The summed E-state index contributed by atoms with van der Waals surface area (Å²) in [7, 11) is -8.38. The molecule has 7 nitrogen and oxygen atoms in total. The molecule has 0 bridgehead atoms. The quantitative estimate of drug-likeness (QED) is 0.561. The second-order valence-electron chi connectivity index (χ2n) is 4.43. The van der Waals surface area contributed by atoms with Gasteiger partial charge in [-0.15, -0.1) is 0 Å². The zero-order valence-corrected chi connectivity index (χ0v) is 13.5. The molecule has 120 valence electrons. The van der Waals surface area contributed by atoms with Gasteiger partial charge in [0.05, 0.1) is 17.3 Å². The number of sulfone groups is 1. The molecule has 3 N–H and O–H groups in total. The van der Waals surface area contributed by atoms with Crippen molar-refractivity contribution in [2.75, 3.05) is 18.1 Å². The van der Waals surface area contributed by atoms with E-state index in [-0.39, 0.29) is 4.90 Å². The smallest absolute Gasteiger partial charge is 0.397 e. The Bertz CT molecular complexity index is 710. The van der Waals surface area contributed by atoms with Crippen LogP contribution in [0.4, 0.5) is 5.69 Å². The van der Waals surface area contributed by atoms with Crippen LogP contribution in [-0.2, 0) is 37.3 Å². The number of nitrogen functional groups attached to an aromatic ring is 1. The van der Waals surface area contributed by atoms with Crippen LogP contribution in [0.3, 0.4) is 0 Å². The van der Waals surface area contributed by atoms with Gasteiger partial charge >= 0.3 is 10.4 Å². The molecule has 0 aromatic heterocycles. The minimum absolute atomic E-state index is 0.120. The second kappa shape index (κ2) is 6.73. The van der Waals surface area contributed by atoms with Crippen molar-refractivity contribution in [1.29, 1.82) is 0 Å². The summed E-state index contributed by atoms with van der Waals surface area (Å²) in [6.07, 6.45) is 1.06. The lowest BCUT2D eigenvalue weighted by Crippen LogP contribution is -2.17. The molecule has 1 rings (SSSR count). The minimum Gasteiger partial charge on any atom is -0.398 e. The van der Waals surface area contributed by atoms with Crippen LogP contribution in [0.2, 0.25) is 0 Å². The van der Waals surface area contributed by atoms with Crippen molar-refractivity contribution in [3.8, 4) is 0 Å². The summed E-state index contributed by atoms with van der Waals surface area (Å²) < 4.78 is 58.0. The number of aryl methyl sites for hydroxylation is 2. The largest absolute Gasteiger partial charge is 0.398 e. The van der Waals surface area contributed by atoms with Crippen molar-refractivity contribution < 1.29 is 25.6 Å². The van der Waals surface area contributed by atoms with Crippen molar-refractivity contribution in [3.05, 3.63) is 23.3 Å². The average Bonchev–Trinajstić information content (AvgIpc) is 2.36. The summed E-state index contributed by atoms with van der Waals surface area (Å²) >= 11 is 0. The lowest BCUT2D eigenvalue weighted by Gasteiger charge is -2.13. The van der Waals surface area contributed by atoms with Crippen LogP contribution >= 0.6 is 0 Å². The summed E-state index contributed by atoms with van der Waals surface area (Å²) in [5.41, 5.74) is 7.65. The Morgan fingerprint density at radius 1 is 1.10 bits per heavy atom. The normalized spacial score (nSPS) is 12.5. The summed E-state index contributed by atoms with van der Waals surface area (Å²) in [5, 5.41) is 0. The van der Waals surface area contributed by atoms with E-state index in [9.17, 15) is 16.8 Å². The first-order valence-corrected chi connectivity index (χ1v) is 9.38. The molecule has 0 unspecified atom stereocenters. The molecule has 0 saturated heterocycles. The highest BCUT2D eigenvalue weighted by Crippen LogP contribution is 2.25. The molecule has 0 aliphatic carbocycles. The third kappa shape index (κ3) is 4.95. The van der Waals surface area contributed by atoms with Crippen molar-refractivity contribution in [2.24, 2.45) is 0 Å². The summed E-state index contributed by atoms with van der Waals surface area (Å²) in [5.74, 6) is -0.549. The van der Waals surface area contributed by atoms with E-state index in [1.165, 1.54) is 6.07 Å². The van der Waals surface area contributed by atoms with E-state index >= 15 is 0 Å². The van der Waals surface area contributed by atoms with E-state index < -0.39 is 32.6 Å². The van der Waals surface area contributed by atoms with Gasteiger partial charge in [0.15, 0.2) is 9.84 Å². The Labute approximate surface area is 125 Å². The van der Waals surface area contributed by atoms with Gasteiger partial charge in [0.2, 0.25) is 0 Å². The number of nitrogens with two attached hydrogens (primary N) is 1. The summed E-state index contributed by atoms with van der Waals surface area (Å²) in [6.45, 7) is 3.01. The predicted molar refractivity (Wildman–Crippen MR) is 79.2 cm³/mol. The van der Waals surface area contributed by atoms with Crippen molar-refractivity contribution in [1.82, 2.24) is 0 Å². The highest BCUT2D eigenvalue weighted by molar-refractivity contribution is 7.91. The van der Waals surface area contributed by atoms with Gasteiger partial charge in [-0.2, -0.15) is 8.42 Å². The van der Waals surface area contributed by atoms with Gasteiger partial charge in [-0.25, -0.2) is 12.6 Å². The van der Waals surface area contributed by atoms with Gasteiger partial charge in [-0.3, -0.25) is 4.55 Å². The Morgan fingerprint density at radius 3 is 2.14 bits per heavy atom. The Balaban J connectivity index is 3.12. The van der Waals surface area contributed by atoms with Gasteiger partial charge in [-0.1, -0.05) is 13.8 Å². The first kappa shape index (κ1) is 17.9. The fourth-order valence-electron chi connectivity index (χ4n) is 1.92. The van der Waals surface area contributed by atoms with E-state index in [1.54, 1.807) is 13.0 Å². The number of benzene rings is 1. The van der Waals surface area contributed by atoms with Gasteiger partial charge in [0.25, 0.3) is 0 Å². The molecule has 0 atom stereocenters. The maximum Gasteiger partial charge on any atom is 0.397 e. The highest BCUT2D eigenvalue weighted by Gasteiger charge is 2.21. The molecule has 0 spiro atoms. The van der Waals surface area contributed by atoms with Crippen molar-refractivity contribution in [3.63, 3.8) is 0 Å². The van der Waals surface area contributed by atoms with Crippen LogP contribution < -0.4 is 5.73 Å². The second-order valence-corrected chi connectivity index (χ2v) is 7.60. The molecule has 0 fully saturated rings. The van der Waals surface area contributed by atoms with Crippen LogP contribution in [0, 0.1) is 0 Å². The van der Waals surface area contributed by atoms with Crippen molar-refractivity contribution in [2.45, 2.75) is 31.6 Å². The molecule has 0 radical (unpaired) electrons. The van der Waals surface area contributed by atoms with Crippen LogP contribution in [0.1, 0.15) is 25.0 Å². The third-order valence-electron chi connectivity index (χ3n) is 3.00. The molecule has 1 aromatic rings. The van der Waals surface area contributed by atoms with Gasteiger partial charge in [0.1, 0.15) is 0 Å². The number of rotatable bonds is 7. The maximum absolute atomic E-state index is 12.3. The third-order valence-corrected chi connectivity index (χ3v) is 5.22. The van der Waals surface area contributed by atoms with Crippen molar-refractivity contribution >= 4 is 25.9 Å². The Morgan fingerprint density at radius 2 is 1.67 bits per heavy atom. The van der Waals surface area contributed by atoms with E-state index in [0.717, 1.165) is 0 Å². The standard InChI is InChI=1S/C12H19NO6S2/c1-3-9-8-12(10(4-2)7-11(9)13)20(14,15)6-5-19-21(16,17)18/h7-8H,3-6,13H2,1-2H3,(H,16,17,18). The molecule has 0 amide bonds. The van der Waals surface area contributed by atoms with Crippen LogP contribution in [-0.4, -0.2) is 33.7 Å². The summed E-state index contributed by atoms with van der Waals surface area (Å²) in [4.78, 5) is 0.120. The van der Waals surface area contributed by atoms with E-state index in [2.05, 4.69) is 4.18 Å². The molecule has 0 saturated carbocycles. The van der Waals surface area contributed by atoms with Crippen LogP contribution in [0.5, 0.6) is 0 Å². The number of hydrogen-bond acceptors (Lipinski definition) is 6. The maximum atomic E-state index is 12.3. The fourth-order valence-corrected chi connectivity index (χ4v) is 3.76. The fraction of sp³-hybridized carbons (Fsp3) is 0.500. The first-order chi connectivity index (χ1) is 9.60. The molecule has 21 heavy (non-hydrogen) atoms. The minimum atomic E-state index is -4.65. The lowest BCUT2D eigenvalue weighted by molar-refractivity contribution is 0.284. The van der Waals surface area contributed by atoms with Crippen LogP contribution in [0.15, 0.2) is 17.0 Å². The van der Waals surface area contributed by atoms with Crippen LogP contribution in [0.25, 0.3) is 0 Å². The molecular weight excluding hydrogens is 318 g/mol. The molecule has 0 heterocycles. The first-order valence-electron chi connectivity index (χ1n) is 6.36. The molecule has 9 heteroatoms. The highest BCUT2D eigenvalue weighted by atomic mass is 32.3. The zero-order chi connectivity index (χ0) is 16.3. The van der Waals surface area contributed by atoms with Gasteiger partial charge < -0.3 is 5.73 Å². The summed E-state index contributed by atoms with van der Waals surface area (Å²) in [6, 6.07) is 3.13. The molecule has 0 aliphatic rings. The zero-order valence-electron chi connectivity index (χ0n) is 11.9.